The molecule has 0 N–H and O–H groups in total. The van der Waals surface area contributed by atoms with E-state index in [4.69, 9.17) is 9.47 Å². The summed E-state index contributed by atoms with van der Waals surface area (Å²) in [5, 5.41) is 0. The van der Waals surface area contributed by atoms with Crippen LogP contribution in [0.1, 0.15) is 22.3 Å². The maximum absolute atomic E-state index is 12.2. The number of carbonyl (C=O) groups excluding carboxylic acids is 1. The van der Waals surface area contributed by atoms with Gasteiger partial charge in [-0.3, -0.25) is 0 Å². The molecule has 3 rings (SSSR count). The van der Waals surface area contributed by atoms with Crippen molar-refractivity contribution in [2.75, 3.05) is 0 Å². The maximum atomic E-state index is 12.2. The standard InChI is InChI=1S/C24H21BrO3/c1-17-14-21(25)15-18(2)24(17)28-23(26)13-10-19-8-11-22(12-9-19)27-16-20-6-4-3-5-7-20/h3-15H,16H2,1-2H3/b13-10+. The minimum absolute atomic E-state index is 0.405. The molecule has 0 aliphatic rings. The molecule has 0 saturated carbocycles. The predicted molar refractivity (Wildman–Crippen MR) is 116 cm³/mol. The lowest BCUT2D eigenvalue weighted by atomic mass is 10.1. The van der Waals surface area contributed by atoms with Gasteiger partial charge in [0.1, 0.15) is 18.1 Å². The van der Waals surface area contributed by atoms with E-state index < -0.39 is 5.97 Å². The van der Waals surface area contributed by atoms with Gasteiger partial charge in [-0.1, -0.05) is 58.4 Å². The Labute approximate surface area is 173 Å². The third-order valence-corrected chi connectivity index (χ3v) is 4.63. The van der Waals surface area contributed by atoms with E-state index in [2.05, 4.69) is 15.9 Å². The molecule has 0 atom stereocenters. The van der Waals surface area contributed by atoms with E-state index in [1.807, 2.05) is 80.6 Å². The molecule has 3 nitrogen and oxygen atoms in total. The van der Waals surface area contributed by atoms with E-state index >= 15 is 0 Å². The molecule has 0 aliphatic carbocycles. The van der Waals surface area contributed by atoms with Gasteiger partial charge >= 0.3 is 5.97 Å². The zero-order valence-corrected chi connectivity index (χ0v) is 17.4. The molecule has 0 aliphatic heterocycles. The summed E-state index contributed by atoms with van der Waals surface area (Å²) in [5.41, 5.74) is 3.84. The number of hydrogen-bond donors (Lipinski definition) is 0. The average molecular weight is 437 g/mol. The van der Waals surface area contributed by atoms with Crippen LogP contribution in [0.25, 0.3) is 6.08 Å². The fourth-order valence-electron chi connectivity index (χ4n) is 2.77. The number of hydrogen-bond acceptors (Lipinski definition) is 3. The van der Waals surface area contributed by atoms with E-state index in [9.17, 15) is 4.79 Å². The number of esters is 1. The van der Waals surface area contributed by atoms with Crippen LogP contribution in [0.4, 0.5) is 0 Å². The molecular weight excluding hydrogens is 416 g/mol. The fraction of sp³-hybridized carbons (Fsp3) is 0.125. The van der Waals surface area contributed by atoms with Gasteiger partial charge in [0.15, 0.2) is 0 Å². The van der Waals surface area contributed by atoms with Crippen molar-refractivity contribution in [3.8, 4) is 11.5 Å². The van der Waals surface area contributed by atoms with Gasteiger partial charge in [-0.05, 0) is 66.4 Å². The van der Waals surface area contributed by atoms with Gasteiger partial charge in [-0.2, -0.15) is 0 Å². The number of carbonyl (C=O) groups is 1. The summed E-state index contributed by atoms with van der Waals surface area (Å²) < 4.78 is 12.2. The first kappa shape index (κ1) is 19.9. The summed E-state index contributed by atoms with van der Waals surface area (Å²) in [6, 6.07) is 21.4. The summed E-state index contributed by atoms with van der Waals surface area (Å²) in [5.74, 6) is 0.977. The molecule has 0 heterocycles. The molecule has 142 valence electrons. The second-order valence-corrected chi connectivity index (χ2v) is 7.38. The lowest BCUT2D eigenvalue weighted by molar-refractivity contribution is -0.129. The Morgan fingerprint density at radius 3 is 2.25 bits per heavy atom. The highest BCUT2D eigenvalue weighted by Crippen LogP contribution is 2.27. The van der Waals surface area contributed by atoms with Crippen molar-refractivity contribution in [1.29, 1.82) is 0 Å². The van der Waals surface area contributed by atoms with Gasteiger partial charge in [-0.25, -0.2) is 4.79 Å². The highest BCUT2D eigenvalue weighted by atomic mass is 79.9. The lowest BCUT2D eigenvalue weighted by Crippen LogP contribution is -2.06. The van der Waals surface area contributed by atoms with Gasteiger partial charge in [-0.15, -0.1) is 0 Å². The number of aryl methyl sites for hydroxylation is 2. The van der Waals surface area contributed by atoms with Crippen LogP contribution in [-0.4, -0.2) is 5.97 Å². The second-order valence-electron chi connectivity index (χ2n) is 6.47. The molecule has 3 aromatic carbocycles. The Hall–Kier alpha value is -2.85. The molecule has 0 spiro atoms. The molecule has 0 bridgehead atoms. The van der Waals surface area contributed by atoms with Crippen LogP contribution in [0.15, 0.2) is 77.3 Å². The maximum Gasteiger partial charge on any atom is 0.336 e. The molecule has 0 unspecified atom stereocenters. The van der Waals surface area contributed by atoms with Crippen molar-refractivity contribution in [2.45, 2.75) is 20.5 Å². The lowest BCUT2D eigenvalue weighted by Gasteiger charge is -2.09. The van der Waals surface area contributed by atoms with Crippen LogP contribution in [0.2, 0.25) is 0 Å². The van der Waals surface area contributed by atoms with Crippen molar-refractivity contribution in [2.24, 2.45) is 0 Å². The summed E-state index contributed by atoms with van der Waals surface area (Å²) in [6.45, 7) is 4.35. The van der Waals surface area contributed by atoms with E-state index in [1.54, 1.807) is 6.08 Å². The molecule has 28 heavy (non-hydrogen) atoms. The monoisotopic (exact) mass is 436 g/mol. The normalized spacial score (nSPS) is 10.8. The minimum atomic E-state index is -0.405. The Morgan fingerprint density at radius 1 is 0.964 bits per heavy atom. The zero-order valence-electron chi connectivity index (χ0n) is 15.8. The Morgan fingerprint density at radius 2 is 1.61 bits per heavy atom. The molecule has 3 aromatic rings. The Kier molecular flexibility index (Phi) is 6.66. The Balaban J connectivity index is 1.57. The van der Waals surface area contributed by atoms with Crippen LogP contribution < -0.4 is 9.47 Å². The third-order valence-electron chi connectivity index (χ3n) is 4.17. The topological polar surface area (TPSA) is 35.5 Å². The second kappa shape index (κ2) is 9.38. The highest BCUT2D eigenvalue weighted by Gasteiger charge is 2.09. The highest BCUT2D eigenvalue weighted by molar-refractivity contribution is 9.10. The van der Waals surface area contributed by atoms with E-state index in [-0.39, 0.29) is 0 Å². The van der Waals surface area contributed by atoms with Crippen LogP contribution in [0, 0.1) is 13.8 Å². The summed E-state index contributed by atoms with van der Waals surface area (Å²) in [6.07, 6.45) is 3.16. The molecule has 0 aromatic heterocycles. The molecule has 0 radical (unpaired) electrons. The van der Waals surface area contributed by atoms with Gasteiger partial charge in [0.2, 0.25) is 0 Å². The van der Waals surface area contributed by atoms with Gasteiger partial charge < -0.3 is 9.47 Å². The smallest absolute Gasteiger partial charge is 0.336 e. The largest absolute Gasteiger partial charge is 0.489 e. The Bertz CT molecular complexity index is 953. The van der Waals surface area contributed by atoms with Crippen molar-refractivity contribution in [1.82, 2.24) is 0 Å². The molecule has 0 saturated heterocycles. The van der Waals surface area contributed by atoms with Crippen LogP contribution in [0.5, 0.6) is 11.5 Å². The van der Waals surface area contributed by atoms with E-state index in [1.165, 1.54) is 6.08 Å². The number of halogens is 1. The summed E-state index contributed by atoms with van der Waals surface area (Å²) in [7, 11) is 0. The summed E-state index contributed by atoms with van der Waals surface area (Å²) in [4.78, 5) is 12.2. The van der Waals surface area contributed by atoms with Crippen LogP contribution in [-0.2, 0) is 11.4 Å². The molecule has 0 amide bonds. The van der Waals surface area contributed by atoms with Gasteiger partial charge in [0, 0.05) is 10.5 Å². The van der Waals surface area contributed by atoms with Crippen LogP contribution in [0.3, 0.4) is 0 Å². The van der Waals surface area contributed by atoms with Gasteiger partial charge in [0.05, 0.1) is 0 Å². The molecule has 0 fully saturated rings. The van der Waals surface area contributed by atoms with Crippen molar-refractivity contribution in [3.05, 3.63) is 99.5 Å². The van der Waals surface area contributed by atoms with Gasteiger partial charge in [0.25, 0.3) is 0 Å². The number of benzene rings is 3. The van der Waals surface area contributed by atoms with Crippen molar-refractivity contribution < 1.29 is 14.3 Å². The minimum Gasteiger partial charge on any atom is -0.489 e. The zero-order chi connectivity index (χ0) is 19.9. The van der Waals surface area contributed by atoms with E-state index in [0.29, 0.717) is 12.4 Å². The van der Waals surface area contributed by atoms with Crippen LogP contribution >= 0.6 is 15.9 Å². The average Bonchev–Trinajstić information content (AvgIpc) is 2.69. The fourth-order valence-corrected chi connectivity index (χ4v) is 3.46. The van der Waals surface area contributed by atoms with E-state index in [0.717, 1.165) is 32.5 Å². The third kappa shape index (κ3) is 5.57. The first-order valence-electron chi connectivity index (χ1n) is 8.95. The number of ether oxygens (including phenoxy) is 2. The van der Waals surface area contributed by atoms with Crippen molar-refractivity contribution >= 4 is 28.0 Å². The quantitative estimate of drug-likeness (QED) is 0.259. The molecular formula is C24H21BrO3. The predicted octanol–water partition coefficient (Wildman–Crippen LogP) is 6.26. The first-order chi connectivity index (χ1) is 13.5. The number of rotatable bonds is 6. The SMILES string of the molecule is Cc1cc(Br)cc(C)c1OC(=O)/C=C/c1ccc(OCc2ccccc2)cc1. The van der Waals surface area contributed by atoms with Crippen molar-refractivity contribution in [3.63, 3.8) is 0 Å². The first-order valence-corrected chi connectivity index (χ1v) is 9.74. The molecule has 4 heteroatoms. The summed E-state index contributed by atoms with van der Waals surface area (Å²) >= 11 is 3.44.